The van der Waals surface area contributed by atoms with E-state index in [1.165, 1.54) is 37.1 Å². The van der Waals surface area contributed by atoms with E-state index in [0.29, 0.717) is 0 Å². The molecule has 0 amide bonds. The van der Waals surface area contributed by atoms with Crippen molar-refractivity contribution in [3.63, 3.8) is 0 Å². The van der Waals surface area contributed by atoms with Gasteiger partial charge in [-0.2, -0.15) is 0 Å². The number of aliphatic hydroxyl groups excluding tert-OH is 1. The fourth-order valence-corrected chi connectivity index (χ4v) is 4.66. The summed E-state index contributed by atoms with van der Waals surface area (Å²) in [5.41, 5.74) is 2.61. The fraction of sp³-hybridized carbons (Fsp3) is 0.714. The lowest BCUT2D eigenvalue weighted by Crippen LogP contribution is -2.37. The van der Waals surface area contributed by atoms with Crippen molar-refractivity contribution in [2.24, 2.45) is 5.92 Å². The first-order valence-electron chi connectivity index (χ1n) is 10.4. The van der Waals surface area contributed by atoms with Crippen molar-refractivity contribution in [3.05, 3.63) is 29.2 Å². The van der Waals surface area contributed by atoms with E-state index in [4.69, 9.17) is 9.97 Å². The van der Waals surface area contributed by atoms with Gasteiger partial charge in [0.25, 0.3) is 0 Å². The maximum absolute atomic E-state index is 9.83. The molecular formula is C21H32N4O. The molecule has 142 valence electrons. The van der Waals surface area contributed by atoms with Gasteiger partial charge >= 0.3 is 0 Å². The number of aromatic nitrogens is 2. The molecule has 0 bridgehead atoms. The maximum Gasteiger partial charge on any atom is 0.135 e. The van der Waals surface area contributed by atoms with Gasteiger partial charge in [0.2, 0.25) is 0 Å². The van der Waals surface area contributed by atoms with E-state index in [2.05, 4.69) is 22.0 Å². The number of aliphatic hydroxyl groups is 1. The highest BCUT2D eigenvalue weighted by Crippen LogP contribution is 2.28. The van der Waals surface area contributed by atoms with Crippen LogP contribution in [0.2, 0.25) is 0 Å². The zero-order valence-electron chi connectivity index (χ0n) is 16.0. The van der Waals surface area contributed by atoms with Crippen molar-refractivity contribution in [2.75, 3.05) is 37.6 Å². The van der Waals surface area contributed by atoms with Crippen molar-refractivity contribution >= 4 is 5.82 Å². The molecule has 5 nitrogen and oxygen atoms in total. The zero-order chi connectivity index (χ0) is 17.9. The Labute approximate surface area is 157 Å². The lowest BCUT2D eigenvalue weighted by molar-refractivity contribution is 0.145. The Morgan fingerprint density at radius 2 is 1.85 bits per heavy atom. The summed E-state index contributed by atoms with van der Waals surface area (Å²) in [6, 6.07) is 0. The number of aryl methyl sites for hydroxylation is 1. The van der Waals surface area contributed by atoms with Gasteiger partial charge in [0, 0.05) is 44.7 Å². The van der Waals surface area contributed by atoms with Crippen LogP contribution in [0, 0.1) is 12.8 Å². The van der Waals surface area contributed by atoms with Crippen LogP contribution < -0.4 is 4.90 Å². The molecule has 0 saturated carbocycles. The van der Waals surface area contributed by atoms with Crippen molar-refractivity contribution in [2.45, 2.75) is 58.0 Å². The third-order valence-corrected chi connectivity index (χ3v) is 6.18. The van der Waals surface area contributed by atoms with E-state index in [9.17, 15) is 5.11 Å². The molecule has 1 aromatic rings. The molecule has 0 aromatic carbocycles. The summed E-state index contributed by atoms with van der Waals surface area (Å²) in [5, 5.41) is 9.83. The van der Waals surface area contributed by atoms with Gasteiger partial charge in [-0.25, -0.2) is 9.97 Å². The topological polar surface area (TPSA) is 52.5 Å². The van der Waals surface area contributed by atoms with Gasteiger partial charge < -0.3 is 14.9 Å². The number of rotatable bonds is 3. The van der Waals surface area contributed by atoms with Gasteiger partial charge in [0.15, 0.2) is 0 Å². The van der Waals surface area contributed by atoms with Gasteiger partial charge in [-0.05, 0) is 51.4 Å². The Morgan fingerprint density at radius 3 is 2.62 bits per heavy atom. The summed E-state index contributed by atoms with van der Waals surface area (Å²) in [4.78, 5) is 14.6. The number of allylic oxidation sites excluding steroid dienone is 2. The fourth-order valence-electron chi connectivity index (χ4n) is 4.66. The first-order chi connectivity index (χ1) is 12.7. The molecular weight excluding hydrogens is 324 g/mol. The first kappa shape index (κ1) is 17.9. The molecule has 1 aromatic heterocycles. The molecule has 4 rings (SSSR count). The number of piperidine rings is 1. The van der Waals surface area contributed by atoms with Gasteiger partial charge in [-0.1, -0.05) is 12.2 Å². The third-order valence-electron chi connectivity index (χ3n) is 6.18. The Hall–Kier alpha value is -1.46. The minimum atomic E-state index is -0.146. The van der Waals surface area contributed by atoms with Crippen molar-refractivity contribution in [1.29, 1.82) is 0 Å². The van der Waals surface area contributed by atoms with E-state index in [1.54, 1.807) is 0 Å². The minimum absolute atomic E-state index is 0.146. The second kappa shape index (κ2) is 8.05. The summed E-state index contributed by atoms with van der Waals surface area (Å²) < 4.78 is 0. The first-order valence-corrected chi connectivity index (χ1v) is 10.4. The van der Waals surface area contributed by atoms with E-state index < -0.39 is 0 Å². The SMILES string of the molecule is Cc1nc2c(c(N3CCC(O)CC3)n1)CCN(CC1CC=CCC1)CC2. The molecule has 1 fully saturated rings. The lowest BCUT2D eigenvalue weighted by Gasteiger charge is -2.32. The largest absolute Gasteiger partial charge is 0.393 e. The molecule has 26 heavy (non-hydrogen) atoms. The monoisotopic (exact) mass is 356 g/mol. The van der Waals surface area contributed by atoms with Crippen LogP contribution in [0.15, 0.2) is 12.2 Å². The maximum atomic E-state index is 9.83. The van der Waals surface area contributed by atoms with Crippen LogP contribution in [0.1, 0.15) is 49.2 Å². The molecule has 5 heteroatoms. The summed E-state index contributed by atoms with van der Waals surface area (Å²) in [7, 11) is 0. The van der Waals surface area contributed by atoms with Gasteiger partial charge in [0.05, 0.1) is 11.8 Å². The smallest absolute Gasteiger partial charge is 0.135 e. The van der Waals surface area contributed by atoms with Crippen LogP contribution in [0.25, 0.3) is 0 Å². The normalized spacial score (nSPS) is 25.2. The number of hydrogen-bond donors (Lipinski definition) is 1. The average molecular weight is 357 g/mol. The molecule has 3 heterocycles. The van der Waals surface area contributed by atoms with Gasteiger partial charge in [0.1, 0.15) is 11.6 Å². The zero-order valence-corrected chi connectivity index (χ0v) is 16.0. The number of anilines is 1. The summed E-state index contributed by atoms with van der Waals surface area (Å²) in [6.07, 6.45) is 12.1. The Bertz CT molecular complexity index is 652. The molecule has 1 atom stereocenters. The van der Waals surface area contributed by atoms with Crippen molar-refractivity contribution < 1.29 is 5.11 Å². The molecule has 0 radical (unpaired) electrons. The van der Waals surface area contributed by atoms with E-state index in [1.807, 2.05) is 6.92 Å². The highest BCUT2D eigenvalue weighted by Gasteiger charge is 2.26. The highest BCUT2D eigenvalue weighted by atomic mass is 16.3. The Morgan fingerprint density at radius 1 is 1.04 bits per heavy atom. The van der Waals surface area contributed by atoms with E-state index >= 15 is 0 Å². The predicted molar refractivity (Wildman–Crippen MR) is 105 cm³/mol. The lowest BCUT2D eigenvalue weighted by atomic mass is 9.94. The van der Waals surface area contributed by atoms with Crippen molar-refractivity contribution in [1.82, 2.24) is 14.9 Å². The molecule has 3 aliphatic rings. The standard InChI is InChI=1S/C21H32N4O/c1-16-22-20-10-12-24(15-17-5-3-2-4-6-17)11-9-19(20)21(23-16)25-13-7-18(26)8-14-25/h2-3,17-18,26H,4-15H2,1H3. The van der Waals surface area contributed by atoms with Crippen LogP contribution in [0.3, 0.4) is 0 Å². The average Bonchev–Trinajstić information content (AvgIpc) is 2.85. The van der Waals surface area contributed by atoms with Gasteiger partial charge in [-0.3, -0.25) is 0 Å². The Kier molecular flexibility index (Phi) is 5.55. The molecule has 1 aliphatic carbocycles. The molecule has 2 aliphatic heterocycles. The minimum Gasteiger partial charge on any atom is -0.393 e. The summed E-state index contributed by atoms with van der Waals surface area (Å²) in [6.45, 7) is 7.27. The van der Waals surface area contributed by atoms with Crippen LogP contribution in [0.5, 0.6) is 0 Å². The van der Waals surface area contributed by atoms with Gasteiger partial charge in [-0.15, -0.1) is 0 Å². The molecule has 1 N–H and O–H groups in total. The number of nitrogens with zero attached hydrogens (tertiary/aromatic N) is 4. The molecule has 1 saturated heterocycles. The Balaban J connectivity index is 1.48. The number of fused-ring (bicyclic) bond motifs is 1. The third kappa shape index (κ3) is 4.09. The molecule has 1 unspecified atom stereocenters. The van der Waals surface area contributed by atoms with Crippen molar-refractivity contribution in [3.8, 4) is 0 Å². The van der Waals surface area contributed by atoms with E-state index in [0.717, 1.165) is 69.4 Å². The second-order valence-electron chi connectivity index (χ2n) is 8.19. The summed E-state index contributed by atoms with van der Waals surface area (Å²) >= 11 is 0. The summed E-state index contributed by atoms with van der Waals surface area (Å²) in [5.74, 6) is 2.84. The van der Waals surface area contributed by atoms with Crippen LogP contribution in [-0.2, 0) is 12.8 Å². The van der Waals surface area contributed by atoms with Crippen LogP contribution in [-0.4, -0.2) is 58.8 Å². The van der Waals surface area contributed by atoms with Crippen LogP contribution in [0.4, 0.5) is 5.82 Å². The van der Waals surface area contributed by atoms with E-state index in [-0.39, 0.29) is 6.10 Å². The predicted octanol–water partition coefficient (Wildman–Crippen LogP) is 2.50. The highest BCUT2D eigenvalue weighted by molar-refractivity contribution is 5.50. The quantitative estimate of drug-likeness (QED) is 0.844. The number of hydrogen-bond acceptors (Lipinski definition) is 5. The van der Waals surface area contributed by atoms with Crippen LogP contribution >= 0.6 is 0 Å². The second-order valence-corrected chi connectivity index (χ2v) is 8.19. The molecule has 0 spiro atoms.